The Kier molecular flexibility index (Phi) is 13.0. The van der Waals surface area contributed by atoms with Crippen LogP contribution < -0.4 is 9.80 Å². The Morgan fingerprint density at radius 1 is 0.221 bits per heavy atom. The fourth-order valence-electron chi connectivity index (χ4n) is 14.1. The Labute approximate surface area is 504 Å². The summed E-state index contributed by atoms with van der Waals surface area (Å²) >= 11 is 0. The van der Waals surface area contributed by atoms with Gasteiger partial charge in [0.1, 0.15) is 0 Å². The summed E-state index contributed by atoms with van der Waals surface area (Å²) in [6.45, 7) is 8.16. The summed E-state index contributed by atoms with van der Waals surface area (Å²) in [5.74, 6) is 0. The van der Waals surface area contributed by atoms with E-state index in [0.29, 0.717) is 0 Å². The van der Waals surface area contributed by atoms with Crippen LogP contribution in [0.4, 0.5) is 34.1 Å². The molecule has 0 saturated heterocycles. The molecule has 406 valence electrons. The second kappa shape index (κ2) is 21.6. The monoisotopic (exact) mass is 1100 g/mol. The minimum absolute atomic E-state index is 0.587. The van der Waals surface area contributed by atoms with Crippen molar-refractivity contribution in [2.75, 3.05) is 9.80 Å². The highest BCUT2D eigenvalue weighted by Crippen LogP contribution is 2.59. The van der Waals surface area contributed by atoms with Crippen molar-refractivity contribution in [3.05, 3.63) is 396 Å². The molecule has 15 rings (SSSR count). The minimum Gasteiger partial charge on any atom is -0.310 e. The van der Waals surface area contributed by atoms with Crippen LogP contribution in [0.5, 0.6) is 0 Å². The Balaban J connectivity index is 0.951. The molecule has 0 unspecified atom stereocenters. The first kappa shape index (κ1) is 51.8. The van der Waals surface area contributed by atoms with Crippen LogP contribution in [0.25, 0.3) is 56.7 Å². The third-order valence-corrected chi connectivity index (χ3v) is 17.9. The van der Waals surface area contributed by atoms with Crippen molar-refractivity contribution in [2.24, 2.45) is 0 Å². The number of hydrogen-bond acceptors (Lipinski definition) is 2. The number of rotatable bonds is 14. The van der Waals surface area contributed by atoms with E-state index in [-0.39, 0.29) is 0 Å². The van der Waals surface area contributed by atoms with Crippen molar-refractivity contribution in [3.63, 3.8) is 0 Å². The molecule has 2 nitrogen and oxygen atoms in total. The van der Waals surface area contributed by atoms with Gasteiger partial charge in [-0.05, 0) is 179 Å². The van der Waals surface area contributed by atoms with Crippen molar-refractivity contribution in [3.8, 4) is 44.5 Å². The quantitative estimate of drug-likeness (QED) is 0.107. The molecule has 2 aliphatic carbocycles. The van der Waals surface area contributed by atoms with Gasteiger partial charge in [-0.25, -0.2) is 0 Å². The van der Waals surface area contributed by atoms with Crippen LogP contribution in [-0.4, -0.2) is 0 Å². The van der Waals surface area contributed by atoms with Gasteiger partial charge in [-0.3, -0.25) is 0 Å². The van der Waals surface area contributed by atoms with E-state index in [4.69, 9.17) is 0 Å². The van der Waals surface area contributed by atoms with E-state index in [9.17, 15) is 0 Å². The fraction of sp³-hybridized carbons (Fsp3) is 0.0238. The van der Waals surface area contributed by atoms with Gasteiger partial charge >= 0.3 is 0 Å². The molecule has 0 aliphatic heterocycles. The van der Waals surface area contributed by atoms with Crippen molar-refractivity contribution in [2.45, 2.75) is 10.8 Å². The van der Waals surface area contributed by atoms with Crippen molar-refractivity contribution in [1.82, 2.24) is 0 Å². The zero-order chi connectivity index (χ0) is 57.6. The molecule has 13 aromatic carbocycles. The number of benzene rings is 13. The molecular weight excluding hydrogens is 1040 g/mol. The van der Waals surface area contributed by atoms with E-state index in [2.05, 4.69) is 351 Å². The first-order valence-corrected chi connectivity index (χ1v) is 29.6. The predicted octanol–water partition coefficient (Wildman–Crippen LogP) is 22.0. The lowest BCUT2D eigenvalue weighted by atomic mass is 9.67. The van der Waals surface area contributed by atoms with E-state index in [0.717, 1.165) is 67.5 Å². The van der Waals surface area contributed by atoms with E-state index in [1.165, 1.54) is 66.8 Å². The van der Waals surface area contributed by atoms with E-state index in [1.807, 2.05) is 12.2 Å². The third kappa shape index (κ3) is 8.48. The standard InChI is InChI=1S/C84H60N2/c1-3-59-24-21-26-63(54-59)61-42-46-69(47-43-61)85(73-50-52-77-75-38-17-19-40-79(75)83(81(77)57-73,65-28-9-5-10-29-65)66-30-11-6-12-31-66)71-36-23-37-72(56-71)86(70-48-44-62(45-49-70)64-27-22-25-60(4-2)55-64)74-51-53-78-76-39-18-20-41-80(76)84(82(78)58-74,67-32-13-7-14-33-67)68-34-15-8-16-35-68/h3-58H,1-2H2. The predicted molar refractivity (Wildman–Crippen MR) is 361 cm³/mol. The maximum absolute atomic E-state index is 4.08. The van der Waals surface area contributed by atoms with Crippen LogP contribution in [0.2, 0.25) is 0 Å². The number of fused-ring (bicyclic) bond motifs is 6. The molecule has 0 saturated carbocycles. The lowest BCUT2D eigenvalue weighted by Gasteiger charge is -2.35. The zero-order valence-corrected chi connectivity index (χ0v) is 47.6. The molecule has 0 radical (unpaired) electrons. The van der Waals surface area contributed by atoms with Gasteiger partial charge in [0.15, 0.2) is 0 Å². The Morgan fingerprint density at radius 3 is 0.907 bits per heavy atom. The summed E-state index contributed by atoms with van der Waals surface area (Å²) in [4.78, 5) is 4.89. The molecule has 2 aliphatic rings. The molecule has 86 heavy (non-hydrogen) atoms. The molecule has 0 atom stereocenters. The maximum atomic E-state index is 4.08. The van der Waals surface area contributed by atoms with Gasteiger partial charge in [0.05, 0.1) is 10.8 Å². The largest absolute Gasteiger partial charge is 0.310 e. The smallest absolute Gasteiger partial charge is 0.0714 e. The van der Waals surface area contributed by atoms with Gasteiger partial charge in [-0.2, -0.15) is 0 Å². The van der Waals surface area contributed by atoms with Crippen LogP contribution in [0, 0.1) is 0 Å². The molecule has 0 bridgehead atoms. The molecule has 0 N–H and O–H groups in total. The van der Waals surface area contributed by atoms with E-state index in [1.54, 1.807) is 0 Å². The summed E-state index contributed by atoms with van der Waals surface area (Å²) in [6.07, 6.45) is 3.82. The summed E-state index contributed by atoms with van der Waals surface area (Å²) < 4.78 is 0. The number of nitrogens with zero attached hydrogens (tertiary/aromatic N) is 2. The van der Waals surface area contributed by atoms with Gasteiger partial charge in [0, 0.05) is 34.1 Å². The van der Waals surface area contributed by atoms with Crippen LogP contribution in [-0.2, 0) is 10.8 Å². The van der Waals surface area contributed by atoms with Crippen molar-refractivity contribution >= 4 is 46.3 Å². The van der Waals surface area contributed by atoms with Gasteiger partial charge in [-0.1, -0.05) is 274 Å². The van der Waals surface area contributed by atoms with Gasteiger partial charge in [-0.15, -0.1) is 0 Å². The third-order valence-electron chi connectivity index (χ3n) is 17.9. The Morgan fingerprint density at radius 2 is 0.535 bits per heavy atom. The van der Waals surface area contributed by atoms with Crippen molar-refractivity contribution in [1.29, 1.82) is 0 Å². The highest BCUT2D eigenvalue weighted by Gasteiger charge is 2.48. The Hall–Kier alpha value is -11.1. The number of hydrogen-bond donors (Lipinski definition) is 0. The van der Waals surface area contributed by atoms with Crippen LogP contribution in [0.3, 0.4) is 0 Å². The zero-order valence-electron chi connectivity index (χ0n) is 47.6. The molecule has 0 aromatic heterocycles. The fourth-order valence-corrected chi connectivity index (χ4v) is 14.1. The lowest BCUT2D eigenvalue weighted by Crippen LogP contribution is -2.28. The van der Waals surface area contributed by atoms with E-state index < -0.39 is 10.8 Å². The van der Waals surface area contributed by atoms with Crippen LogP contribution >= 0.6 is 0 Å². The molecule has 0 spiro atoms. The Bertz CT molecular complexity index is 4280. The highest BCUT2D eigenvalue weighted by atomic mass is 15.2. The van der Waals surface area contributed by atoms with Gasteiger partial charge in [0.25, 0.3) is 0 Å². The second-order valence-corrected chi connectivity index (χ2v) is 22.5. The first-order chi connectivity index (χ1) is 42.5. The van der Waals surface area contributed by atoms with Crippen LogP contribution in [0.1, 0.15) is 55.6 Å². The second-order valence-electron chi connectivity index (χ2n) is 22.5. The summed E-state index contributed by atoms with van der Waals surface area (Å²) in [7, 11) is 0. The average Bonchev–Trinajstić information content (AvgIpc) is 1.62. The molecular formula is C84H60N2. The summed E-state index contributed by atoms with van der Waals surface area (Å²) in [5, 5.41) is 0. The van der Waals surface area contributed by atoms with Crippen molar-refractivity contribution < 1.29 is 0 Å². The molecule has 0 amide bonds. The molecule has 2 heteroatoms. The highest BCUT2D eigenvalue weighted by molar-refractivity contribution is 5.93. The molecule has 0 heterocycles. The van der Waals surface area contributed by atoms with Crippen LogP contribution in [0.15, 0.2) is 341 Å². The lowest BCUT2D eigenvalue weighted by molar-refractivity contribution is 0.768. The summed E-state index contributed by atoms with van der Waals surface area (Å²) in [6, 6.07) is 121. The molecule has 0 fully saturated rings. The SMILES string of the molecule is C=Cc1cccc(-c2ccc(N(c3cccc(N(c4ccc(-c5cccc(C=C)c5)cc4)c4ccc5c(c4)C(c4ccccc4)(c4ccccc4)c4ccccc4-5)c3)c3ccc4c(c3)C(c3ccccc3)(c3ccccc3)c3ccccc3-4)cc2)c1. The normalized spacial score (nSPS) is 12.9. The first-order valence-electron chi connectivity index (χ1n) is 29.6. The minimum atomic E-state index is -0.587. The maximum Gasteiger partial charge on any atom is 0.0714 e. The van der Waals surface area contributed by atoms with Gasteiger partial charge < -0.3 is 9.80 Å². The number of anilines is 6. The molecule has 13 aromatic rings. The average molecular weight is 1100 g/mol. The summed E-state index contributed by atoms with van der Waals surface area (Å²) in [5.41, 5.74) is 26.7. The topological polar surface area (TPSA) is 6.48 Å². The van der Waals surface area contributed by atoms with E-state index >= 15 is 0 Å². The van der Waals surface area contributed by atoms with Gasteiger partial charge in [0.2, 0.25) is 0 Å².